The Kier molecular flexibility index (Phi) is 7.69. The summed E-state index contributed by atoms with van der Waals surface area (Å²) in [5, 5.41) is 2.58. The number of nitrogens with one attached hydrogen (secondary N) is 1. The summed E-state index contributed by atoms with van der Waals surface area (Å²) in [6, 6.07) is 3.41. The van der Waals surface area contributed by atoms with Crippen LogP contribution < -0.4 is 15.6 Å². The quantitative estimate of drug-likeness (QED) is 0.528. The Morgan fingerprint density at radius 2 is 1.97 bits per heavy atom. The summed E-state index contributed by atoms with van der Waals surface area (Å²) in [6.07, 6.45) is -0.347. The molecule has 1 saturated heterocycles. The standard InChI is InChI=1S/C20H28BN3O6/c1-20(2,3)16(23-19(27)29-5)17(25)24-10-12(9-13(24)18(26)28-4)11-30-15-8-6-7-14(21)22-15/h6-8,12-13,16H,9-11H2,1-5H3,(H,23,27)/t12-,13+,16-/m1/s1. The zero-order valence-electron chi connectivity index (χ0n) is 18.0. The van der Waals surface area contributed by atoms with Crippen LogP contribution in [0.1, 0.15) is 27.2 Å². The molecule has 162 valence electrons. The van der Waals surface area contributed by atoms with Crippen LogP contribution in [0.25, 0.3) is 0 Å². The van der Waals surface area contributed by atoms with Crippen molar-refractivity contribution in [3.05, 3.63) is 18.2 Å². The monoisotopic (exact) mass is 417 g/mol. The highest BCUT2D eigenvalue weighted by molar-refractivity contribution is 6.30. The first-order valence-corrected chi connectivity index (χ1v) is 9.65. The van der Waals surface area contributed by atoms with E-state index in [1.54, 1.807) is 18.2 Å². The first kappa shape index (κ1) is 23.5. The second kappa shape index (κ2) is 9.82. The Balaban J connectivity index is 2.17. The predicted octanol–water partition coefficient (Wildman–Crippen LogP) is 0.415. The van der Waals surface area contributed by atoms with Gasteiger partial charge in [-0.15, -0.1) is 0 Å². The number of amides is 2. The van der Waals surface area contributed by atoms with E-state index in [1.165, 1.54) is 19.1 Å². The van der Waals surface area contributed by atoms with Gasteiger partial charge in [0.05, 0.1) is 20.8 Å². The van der Waals surface area contributed by atoms with Crippen molar-refractivity contribution in [2.75, 3.05) is 27.4 Å². The van der Waals surface area contributed by atoms with E-state index in [-0.39, 0.29) is 25.0 Å². The van der Waals surface area contributed by atoms with Gasteiger partial charge < -0.3 is 24.4 Å². The van der Waals surface area contributed by atoms with Gasteiger partial charge >= 0.3 is 12.1 Å². The second-order valence-corrected chi connectivity index (χ2v) is 8.28. The lowest BCUT2D eigenvalue weighted by Crippen LogP contribution is -2.56. The van der Waals surface area contributed by atoms with Gasteiger partial charge in [0.25, 0.3) is 0 Å². The smallest absolute Gasteiger partial charge is 0.407 e. The third-order valence-electron chi connectivity index (χ3n) is 4.92. The van der Waals surface area contributed by atoms with Gasteiger partial charge in [0, 0.05) is 18.5 Å². The summed E-state index contributed by atoms with van der Waals surface area (Å²) in [4.78, 5) is 43.0. The molecule has 1 aromatic rings. The van der Waals surface area contributed by atoms with Crippen LogP contribution in [0.3, 0.4) is 0 Å². The number of alkyl carbamates (subject to hydrolysis) is 1. The molecule has 0 bridgehead atoms. The van der Waals surface area contributed by atoms with Crippen LogP contribution in [0.5, 0.6) is 5.88 Å². The Morgan fingerprint density at radius 3 is 2.53 bits per heavy atom. The number of rotatable bonds is 6. The maximum absolute atomic E-state index is 13.3. The number of esters is 1. The molecular formula is C20H28BN3O6. The average molecular weight is 417 g/mol. The molecule has 9 nitrogen and oxygen atoms in total. The molecule has 0 saturated carbocycles. The maximum atomic E-state index is 13.3. The number of hydrogen-bond donors (Lipinski definition) is 1. The molecule has 1 N–H and O–H groups in total. The molecule has 30 heavy (non-hydrogen) atoms. The molecule has 1 aromatic heterocycles. The summed E-state index contributed by atoms with van der Waals surface area (Å²) in [6.45, 7) is 5.98. The van der Waals surface area contributed by atoms with Crippen LogP contribution in [-0.2, 0) is 19.1 Å². The first-order valence-electron chi connectivity index (χ1n) is 9.65. The molecule has 0 unspecified atom stereocenters. The van der Waals surface area contributed by atoms with Crippen molar-refractivity contribution in [3.8, 4) is 5.88 Å². The molecule has 1 aliphatic rings. The summed E-state index contributed by atoms with van der Waals surface area (Å²) in [5.74, 6) is -0.652. The van der Waals surface area contributed by atoms with Gasteiger partial charge in [-0.2, -0.15) is 0 Å². The third-order valence-corrected chi connectivity index (χ3v) is 4.92. The molecule has 0 aromatic carbocycles. The van der Waals surface area contributed by atoms with Crippen LogP contribution in [-0.4, -0.2) is 75.2 Å². The van der Waals surface area contributed by atoms with Crippen molar-refractivity contribution in [3.63, 3.8) is 0 Å². The zero-order valence-corrected chi connectivity index (χ0v) is 18.0. The highest BCUT2D eigenvalue weighted by Gasteiger charge is 2.45. The molecular weight excluding hydrogens is 389 g/mol. The van der Waals surface area contributed by atoms with Crippen LogP contribution in [0.4, 0.5) is 4.79 Å². The fourth-order valence-corrected chi connectivity index (χ4v) is 3.35. The van der Waals surface area contributed by atoms with Crippen molar-refractivity contribution in [1.29, 1.82) is 0 Å². The number of ether oxygens (including phenoxy) is 3. The number of pyridine rings is 1. The summed E-state index contributed by atoms with van der Waals surface area (Å²) in [5.41, 5.74) is -0.267. The molecule has 1 fully saturated rings. The van der Waals surface area contributed by atoms with E-state index >= 15 is 0 Å². The van der Waals surface area contributed by atoms with Gasteiger partial charge in [0.2, 0.25) is 11.8 Å². The highest BCUT2D eigenvalue weighted by Crippen LogP contribution is 2.29. The lowest BCUT2D eigenvalue weighted by atomic mass is 9.85. The highest BCUT2D eigenvalue weighted by atomic mass is 16.5. The van der Waals surface area contributed by atoms with Gasteiger partial charge in [-0.3, -0.25) is 4.79 Å². The van der Waals surface area contributed by atoms with Crippen molar-refractivity contribution < 1.29 is 28.6 Å². The lowest BCUT2D eigenvalue weighted by molar-refractivity contribution is -0.152. The molecule has 3 atom stereocenters. The molecule has 2 rings (SSSR count). The summed E-state index contributed by atoms with van der Waals surface area (Å²) >= 11 is 0. The maximum Gasteiger partial charge on any atom is 0.407 e. The van der Waals surface area contributed by atoms with Crippen molar-refractivity contribution in [2.24, 2.45) is 11.3 Å². The van der Waals surface area contributed by atoms with E-state index in [0.717, 1.165) is 0 Å². The number of nitrogens with zero attached hydrogens (tertiary/aromatic N) is 2. The summed E-state index contributed by atoms with van der Waals surface area (Å²) < 4.78 is 15.2. The molecule has 2 radical (unpaired) electrons. The minimum atomic E-state index is -0.882. The van der Waals surface area contributed by atoms with E-state index in [4.69, 9.17) is 17.3 Å². The SMILES string of the molecule is [B]c1cccc(OC[C@@H]2C[C@@H](C(=O)OC)N(C(=O)[C@@H](NC(=O)OC)C(C)(C)C)C2)n1. The topological polar surface area (TPSA) is 107 Å². The van der Waals surface area contributed by atoms with Gasteiger partial charge in [0.1, 0.15) is 19.9 Å². The van der Waals surface area contributed by atoms with E-state index < -0.39 is 29.6 Å². The normalized spacial score (nSPS) is 19.7. The second-order valence-electron chi connectivity index (χ2n) is 8.28. The molecule has 2 heterocycles. The van der Waals surface area contributed by atoms with Crippen molar-refractivity contribution in [2.45, 2.75) is 39.3 Å². The Bertz CT molecular complexity index is 782. The van der Waals surface area contributed by atoms with Gasteiger partial charge in [-0.05, 0) is 17.4 Å². The first-order chi connectivity index (χ1) is 14.1. The number of aromatic nitrogens is 1. The Hall–Kier alpha value is -2.78. The van der Waals surface area contributed by atoms with E-state index in [1.807, 2.05) is 20.8 Å². The minimum absolute atomic E-state index is 0.125. The van der Waals surface area contributed by atoms with E-state index in [0.29, 0.717) is 17.9 Å². The number of likely N-dealkylation sites (tertiary alicyclic amines) is 1. The van der Waals surface area contributed by atoms with Crippen LogP contribution in [0, 0.1) is 11.3 Å². The fourth-order valence-electron chi connectivity index (χ4n) is 3.35. The van der Waals surface area contributed by atoms with Crippen molar-refractivity contribution >= 4 is 31.4 Å². The van der Waals surface area contributed by atoms with Crippen LogP contribution in [0.2, 0.25) is 0 Å². The molecule has 0 spiro atoms. The lowest BCUT2D eigenvalue weighted by Gasteiger charge is -2.34. The fraction of sp³-hybridized carbons (Fsp3) is 0.600. The Morgan fingerprint density at radius 1 is 1.27 bits per heavy atom. The van der Waals surface area contributed by atoms with Crippen LogP contribution >= 0.6 is 0 Å². The molecule has 0 aliphatic carbocycles. The van der Waals surface area contributed by atoms with E-state index in [2.05, 4.69) is 15.0 Å². The molecule has 10 heteroatoms. The van der Waals surface area contributed by atoms with Crippen LogP contribution in [0.15, 0.2) is 18.2 Å². The number of hydrogen-bond acceptors (Lipinski definition) is 7. The Labute approximate surface area is 177 Å². The minimum Gasteiger partial charge on any atom is -0.477 e. The predicted molar refractivity (Wildman–Crippen MR) is 110 cm³/mol. The average Bonchev–Trinajstić information content (AvgIpc) is 3.12. The van der Waals surface area contributed by atoms with Gasteiger partial charge in [-0.1, -0.05) is 32.9 Å². The molecule has 2 amide bonds. The molecule has 1 aliphatic heterocycles. The number of methoxy groups -OCH3 is 2. The zero-order chi connectivity index (χ0) is 22.5. The number of carbonyl (C=O) groups excluding carboxylic acids is 3. The van der Waals surface area contributed by atoms with Gasteiger partial charge in [0.15, 0.2) is 0 Å². The summed E-state index contributed by atoms with van der Waals surface area (Å²) in [7, 11) is 8.16. The van der Waals surface area contributed by atoms with Gasteiger partial charge in [-0.25, -0.2) is 14.6 Å². The van der Waals surface area contributed by atoms with Crippen molar-refractivity contribution in [1.82, 2.24) is 15.2 Å². The number of carbonyl (C=O) groups is 3. The third kappa shape index (κ3) is 5.87. The van der Waals surface area contributed by atoms with E-state index in [9.17, 15) is 14.4 Å². The largest absolute Gasteiger partial charge is 0.477 e.